The fraction of sp³-hybridized carbons (Fsp3) is 0.182. The van der Waals surface area contributed by atoms with Gasteiger partial charge < -0.3 is 5.32 Å². The fourth-order valence-corrected chi connectivity index (χ4v) is 4.18. The van der Waals surface area contributed by atoms with E-state index >= 15 is 0 Å². The summed E-state index contributed by atoms with van der Waals surface area (Å²) in [5.74, 6) is -0.310. The van der Waals surface area contributed by atoms with Crippen LogP contribution in [0, 0.1) is 5.82 Å². The van der Waals surface area contributed by atoms with Crippen LogP contribution in [0.3, 0.4) is 0 Å². The number of aromatic nitrogens is 1. The summed E-state index contributed by atoms with van der Waals surface area (Å²) >= 11 is 0. The maximum atomic E-state index is 13.6. The molecule has 2 aromatic carbocycles. The minimum absolute atomic E-state index is 0.209. The van der Waals surface area contributed by atoms with Gasteiger partial charge >= 0.3 is 0 Å². The number of aliphatic imine (C=N–C) groups is 1. The third-order valence-corrected chi connectivity index (χ3v) is 5.86. The van der Waals surface area contributed by atoms with Crippen LogP contribution in [-0.2, 0) is 22.1 Å². The van der Waals surface area contributed by atoms with Gasteiger partial charge in [0.15, 0.2) is 0 Å². The largest absolute Gasteiger partial charge is 0.361 e. The molecule has 6 nitrogen and oxygen atoms in total. The molecule has 2 atom stereocenters. The molecule has 8 heteroatoms. The molecular weight excluding hydrogens is 403 g/mol. The predicted molar refractivity (Wildman–Crippen MR) is 114 cm³/mol. The molecule has 2 heterocycles. The molecule has 0 amide bonds. The van der Waals surface area contributed by atoms with Gasteiger partial charge in [-0.2, -0.15) is 0 Å². The molecule has 4 rings (SSSR count). The molecule has 0 saturated heterocycles. The average Bonchev–Trinajstić information content (AvgIpc) is 3.19. The topological polar surface area (TPSA) is 83.5 Å². The number of benzene rings is 2. The lowest BCUT2D eigenvalue weighted by molar-refractivity contribution is 0.423. The van der Waals surface area contributed by atoms with Gasteiger partial charge in [-0.05, 0) is 46.5 Å². The van der Waals surface area contributed by atoms with Crippen molar-refractivity contribution < 1.29 is 12.8 Å². The number of pyridine rings is 1. The van der Waals surface area contributed by atoms with Gasteiger partial charge in [0.25, 0.3) is 0 Å². The lowest BCUT2D eigenvalue weighted by atomic mass is 9.75. The highest BCUT2D eigenvalue weighted by Gasteiger charge is 2.45. The van der Waals surface area contributed by atoms with Crippen molar-refractivity contribution in [1.82, 2.24) is 15.0 Å². The van der Waals surface area contributed by atoms with Crippen LogP contribution in [-0.4, -0.2) is 26.0 Å². The standard InChI is InChI=1S/C22H21FN4O2S/c1-30(28,29)27-14-16-2-4-18(5-3-16)22(19-6-8-20(23)9-7-19)21(25-15-26-22)17-10-12-24-13-11-17/h2-13,15,21,27H,14H2,1H3,(H,25,26). The molecule has 0 radical (unpaired) electrons. The number of hydrogen-bond donors (Lipinski definition) is 2. The monoisotopic (exact) mass is 424 g/mol. The van der Waals surface area contributed by atoms with E-state index in [0.717, 1.165) is 28.5 Å². The van der Waals surface area contributed by atoms with Crippen LogP contribution in [0.25, 0.3) is 0 Å². The van der Waals surface area contributed by atoms with Gasteiger partial charge in [-0.25, -0.2) is 17.5 Å². The maximum absolute atomic E-state index is 13.6. The Kier molecular flexibility index (Phi) is 5.36. The molecule has 1 aliphatic rings. The van der Waals surface area contributed by atoms with Crippen molar-refractivity contribution in [3.05, 3.63) is 101 Å². The summed E-state index contributed by atoms with van der Waals surface area (Å²) in [6.45, 7) is 0.209. The zero-order chi connectivity index (χ0) is 21.2. The van der Waals surface area contributed by atoms with Crippen molar-refractivity contribution in [2.24, 2.45) is 4.99 Å². The number of hydrogen-bond acceptors (Lipinski definition) is 5. The Balaban J connectivity index is 1.78. The van der Waals surface area contributed by atoms with Gasteiger partial charge in [-0.3, -0.25) is 9.98 Å². The summed E-state index contributed by atoms with van der Waals surface area (Å²) in [5.41, 5.74) is 2.86. The van der Waals surface area contributed by atoms with Crippen molar-refractivity contribution in [1.29, 1.82) is 0 Å². The first-order chi connectivity index (χ1) is 14.4. The van der Waals surface area contributed by atoms with Crippen molar-refractivity contribution >= 4 is 16.4 Å². The zero-order valence-electron chi connectivity index (χ0n) is 16.3. The van der Waals surface area contributed by atoms with Gasteiger partial charge in [-0.15, -0.1) is 0 Å². The predicted octanol–water partition coefficient (Wildman–Crippen LogP) is 2.89. The van der Waals surface area contributed by atoms with E-state index in [1.54, 1.807) is 30.9 Å². The summed E-state index contributed by atoms with van der Waals surface area (Å²) in [6, 6.07) is 17.6. The molecular formula is C22H21FN4O2S. The van der Waals surface area contributed by atoms with Crippen molar-refractivity contribution in [3.63, 3.8) is 0 Å². The van der Waals surface area contributed by atoms with Gasteiger partial charge in [0.2, 0.25) is 10.0 Å². The number of sulfonamides is 1. The quantitative estimate of drug-likeness (QED) is 0.637. The van der Waals surface area contributed by atoms with E-state index in [1.165, 1.54) is 12.1 Å². The van der Waals surface area contributed by atoms with Crippen LogP contribution in [0.2, 0.25) is 0 Å². The Hall–Kier alpha value is -3.10. The first kappa shape index (κ1) is 20.2. The van der Waals surface area contributed by atoms with Crippen molar-refractivity contribution in [2.75, 3.05) is 6.26 Å². The molecule has 0 bridgehead atoms. The molecule has 0 aliphatic carbocycles. The van der Waals surface area contributed by atoms with E-state index in [4.69, 9.17) is 0 Å². The Morgan fingerprint density at radius 3 is 2.20 bits per heavy atom. The Bertz CT molecular complexity index is 1150. The van der Waals surface area contributed by atoms with Gasteiger partial charge in [0.05, 0.1) is 12.6 Å². The van der Waals surface area contributed by atoms with Crippen LogP contribution in [0.5, 0.6) is 0 Å². The second kappa shape index (κ2) is 7.97. The number of nitrogens with one attached hydrogen (secondary N) is 2. The van der Waals surface area contributed by atoms with Crippen LogP contribution in [0.4, 0.5) is 4.39 Å². The SMILES string of the molecule is CS(=O)(=O)NCc1ccc(C2(c3ccc(F)cc3)NC=NC2c2ccncc2)cc1. The lowest BCUT2D eigenvalue weighted by Crippen LogP contribution is -2.43. The summed E-state index contributed by atoms with van der Waals surface area (Å²) in [6.07, 6.45) is 6.24. The Morgan fingerprint density at radius 2 is 1.60 bits per heavy atom. The fourth-order valence-electron chi connectivity index (χ4n) is 3.75. The summed E-state index contributed by atoms with van der Waals surface area (Å²) in [4.78, 5) is 8.77. The summed E-state index contributed by atoms with van der Waals surface area (Å²) in [7, 11) is -3.28. The molecule has 3 aromatic rings. The van der Waals surface area contributed by atoms with Gasteiger partial charge in [-0.1, -0.05) is 36.4 Å². The van der Waals surface area contributed by atoms with E-state index in [2.05, 4.69) is 20.0 Å². The molecule has 154 valence electrons. The third-order valence-electron chi connectivity index (χ3n) is 5.20. The zero-order valence-corrected chi connectivity index (χ0v) is 17.1. The normalized spacial score (nSPS) is 20.8. The van der Waals surface area contributed by atoms with Crippen LogP contribution in [0.15, 0.2) is 78.0 Å². The second-order valence-electron chi connectivity index (χ2n) is 7.21. The molecule has 0 fully saturated rings. The van der Waals surface area contributed by atoms with E-state index in [-0.39, 0.29) is 18.4 Å². The minimum Gasteiger partial charge on any atom is -0.361 e. The molecule has 1 aliphatic heterocycles. The average molecular weight is 425 g/mol. The van der Waals surface area contributed by atoms with Crippen molar-refractivity contribution in [3.8, 4) is 0 Å². The van der Waals surface area contributed by atoms with E-state index in [9.17, 15) is 12.8 Å². The number of rotatable bonds is 6. The van der Waals surface area contributed by atoms with E-state index in [0.29, 0.717) is 0 Å². The molecule has 0 saturated carbocycles. The smallest absolute Gasteiger partial charge is 0.209 e. The molecule has 0 spiro atoms. The maximum Gasteiger partial charge on any atom is 0.209 e. The number of nitrogens with zero attached hydrogens (tertiary/aromatic N) is 2. The highest BCUT2D eigenvalue weighted by atomic mass is 32.2. The van der Waals surface area contributed by atoms with Gasteiger partial charge in [0, 0.05) is 18.9 Å². The van der Waals surface area contributed by atoms with E-state index < -0.39 is 15.6 Å². The highest BCUT2D eigenvalue weighted by molar-refractivity contribution is 7.88. The Morgan fingerprint density at radius 1 is 1.00 bits per heavy atom. The first-order valence-corrected chi connectivity index (χ1v) is 11.3. The lowest BCUT2D eigenvalue weighted by Gasteiger charge is -2.36. The van der Waals surface area contributed by atoms with Crippen molar-refractivity contribution in [2.45, 2.75) is 18.1 Å². The molecule has 2 N–H and O–H groups in total. The van der Waals surface area contributed by atoms with Gasteiger partial charge in [0.1, 0.15) is 17.4 Å². The first-order valence-electron chi connectivity index (χ1n) is 9.38. The third kappa shape index (κ3) is 3.96. The summed E-state index contributed by atoms with van der Waals surface area (Å²) in [5, 5.41) is 3.40. The molecule has 30 heavy (non-hydrogen) atoms. The highest BCUT2D eigenvalue weighted by Crippen LogP contribution is 2.45. The minimum atomic E-state index is -3.28. The molecule has 2 unspecified atom stereocenters. The van der Waals surface area contributed by atoms with Crippen LogP contribution in [0.1, 0.15) is 28.3 Å². The van der Waals surface area contributed by atoms with Crippen LogP contribution < -0.4 is 10.0 Å². The Labute approximate surface area is 175 Å². The second-order valence-corrected chi connectivity index (χ2v) is 9.04. The van der Waals surface area contributed by atoms with E-state index in [1.807, 2.05) is 36.4 Å². The van der Waals surface area contributed by atoms with Crippen LogP contribution >= 0.6 is 0 Å². The number of halogens is 1. The molecule has 1 aromatic heterocycles. The summed E-state index contributed by atoms with van der Waals surface area (Å²) < 4.78 is 38.9.